The van der Waals surface area contributed by atoms with E-state index in [1.807, 2.05) is 0 Å². The third-order valence-corrected chi connectivity index (χ3v) is 5.43. The summed E-state index contributed by atoms with van der Waals surface area (Å²) in [6.07, 6.45) is 2.93. The first-order valence-corrected chi connectivity index (χ1v) is 9.56. The molecule has 3 aliphatic rings. The third-order valence-electron chi connectivity index (χ3n) is 5.43. The van der Waals surface area contributed by atoms with Gasteiger partial charge in [-0.15, -0.1) is 0 Å². The van der Waals surface area contributed by atoms with Crippen LogP contribution in [0.3, 0.4) is 0 Å². The largest absolute Gasteiger partial charge is 0.479 e. The Balaban J connectivity index is 1.91. The van der Waals surface area contributed by atoms with Crippen LogP contribution in [0, 0.1) is 5.92 Å². The molecule has 2 bridgehead atoms. The van der Waals surface area contributed by atoms with E-state index >= 15 is 0 Å². The summed E-state index contributed by atoms with van der Waals surface area (Å²) in [6, 6.07) is 0. The summed E-state index contributed by atoms with van der Waals surface area (Å²) in [5.74, 6) is -2.22. The Bertz CT molecular complexity index is 921. The fourth-order valence-electron chi connectivity index (χ4n) is 3.66. The molecule has 0 unspecified atom stereocenters. The summed E-state index contributed by atoms with van der Waals surface area (Å²) < 4.78 is 21.8. The van der Waals surface area contributed by atoms with Crippen molar-refractivity contribution in [2.45, 2.75) is 51.9 Å². The van der Waals surface area contributed by atoms with Crippen molar-refractivity contribution in [3.8, 4) is 0 Å². The highest BCUT2D eigenvalue weighted by Crippen LogP contribution is 2.42. The molecule has 8 heteroatoms. The maximum Gasteiger partial charge on any atom is 0.334 e. The van der Waals surface area contributed by atoms with Crippen molar-refractivity contribution in [3.05, 3.63) is 47.3 Å². The Labute approximate surface area is 174 Å². The molecule has 3 heterocycles. The molecule has 0 aliphatic carbocycles. The maximum atomic E-state index is 12.7. The fraction of sp³-hybridized carbons (Fsp3) is 0.455. The number of rotatable bonds is 4. The van der Waals surface area contributed by atoms with Crippen molar-refractivity contribution < 1.29 is 38.1 Å². The summed E-state index contributed by atoms with van der Waals surface area (Å²) >= 11 is 0. The Hall–Kier alpha value is -3.16. The van der Waals surface area contributed by atoms with Crippen LogP contribution in [0.5, 0.6) is 0 Å². The zero-order valence-electron chi connectivity index (χ0n) is 17.4. The maximum absolute atomic E-state index is 12.7. The summed E-state index contributed by atoms with van der Waals surface area (Å²) in [4.78, 5) is 48.3. The number of fused-ring (bicyclic) bond motifs is 3. The molecule has 0 amide bonds. The van der Waals surface area contributed by atoms with Gasteiger partial charge in [-0.25, -0.2) is 9.59 Å². The predicted molar refractivity (Wildman–Crippen MR) is 104 cm³/mol. The SMILES string of the molecule is C=C1C(=O)O[C@@H]2/C=C(/C)C3=CC(=O)[C@@](C)(C[C@H](OC(=O)/C(C)=C/COC(C)=O)[C@H]12)O3. The topological polar surface area (TPSA) is 105 Å². The first-order chi connectivity index (χ1) is 14.0. The molecule has 30 heavy (non-hydrogen) atoms. The molecule has 160 valence electrons. The zero-order valence-corrected chi connectivity index (χ0v) is 17.4. The van der Waals surface area contributed by atoms with Crippen molar-refractivity contribution in [2.75, 3.05) is 6.61 Å². The number of carbonyl (C=O) groups excluding carboxylic acids is 4. The second-order valence-electron chi connectivity index (χ2n) is 7.81. The van der Waals surface area contributed by atoms with E-state index in [2.05, 4.69) is 6.58 Å². The molecule has 1 fully saturated rings. The molecule has 0 aromatic carbocycles. The number of hydrogen-bond acceptors (Lipinski definition) is 8. The molecule has 8 nitrogen and oxygen atoms in total. The number of esters is 3. The fourth-order valence-corrected chi connectivity index (χ4v) is 3.66. The molecule has 0 aromatic heterocycles. The van der Waals surface area contributed by atoms with E-state index in [1.54, 1.807) is 19.9 Å². The molecule has 0 spiro atoms. The van der Waals surface area contributed by atoms with E-state index in [0.29, 0.717) is 11.3 Å². The Morgan fingerprint density at radius 1 is 1.33 bits per heavy atom. The van der Waals surface area contributed by atoms with Crippen molar-refractivity contribution >= 4 is 23.7 Å². The van der Waals surface area contributed by atoms with Gasteiger partial charge in [-0.05, 0) is 38.5 Å². The van der Waals surface area contributed by atoms with Gasteiger partial charge < -0.3 is 18.9 Å². The van der Waals surface area contributed by atoms with Gasteiger partial charge in [0, 0.05) is 30.6 Å². The first-order valence-electron chi connectivity index (χ1n) is 9.56. The van der Waals surface area contributed by atoms with Crippen LogP contribution in [-0.2, 0) is 38.1 Å². The Morgan fingerprint density at radius 3 is 2.70 bits per heavy atom. The van der Waals surface area contributed by atoms with Gasteiger partial charge in [-0.3, -0.25) is 9.59 Å². The number of carbonyl (C=O) groups is 4. The van der Waals surface area contributed by atoms with Crippen LogP contribution in [0.4, 0.5) is 0 Å². The van der Waals surface area contributed by atoms with Crippen molar-refractivity contribution in [1.29, 1.82) is 0 Å². The smallest absolute Gasteiger partial charge is 0.334 e. The molecule has 3 rings (SSSR count). The van der Waals surface area contributed by atoms with Crippen LogP contribution in [0.15, 0.2) is 47.3 Å². The Kier molecular flexibility index (Phi) is 5.70. The minimum atomic E-state index is -1.24. The van der Waals surface area contributed by atoms with Gasteiger partial charge in [0.25, 0.3) is 0 Å². The van der Waals surface area contributed by atoms with Gasteiger partial charge in [0.1, 0.15) is 24.6 Å². The summed E-state index contributed by atoms with van der Waals surface area (Å²) in [5, 5.41) is 0. The second-order valence-corrected chi connectivity index (χ2v) is 7.81. The number of ketones is 1. The second kappa shape index (κ2) is 7.93. The molecule has 0 aromatic rings. The van der Waals surface area contributed by atoms with E-state index < -0.39 is 41.6 Å². The van der Waals surface area contributed by atoms with Crippen LogP contribution in [0.2, 0.25) is 0 Å². The molecule has 0 N–H and O–H groups in total. The first kappa shape index (κ1) is 21.5. The van der Waals surface area contributed by atoms with Gasteiger partial charge in [0.15, 0.2) is 5.60 Å². The van der Waals surface area contributed by atoms with E-state index in [0.717, 1.165) is 0 Å². The molecule has 1 saturated heterocycles. The van der Waals surface area contributed by atoms with Crippen molar-refractivity contribution in [2.24, 2.45) is 5.92 Å². The molecule has 4 atom stereocenters. The third kappa shape index (κ3) is 4.08. The highest BCUT2D eigenvalue weighted by atomic mass is 16.6. The minimum Gasteiger partial charge on any atom is -0.479 e. The molecule has 0 saturated carbocycles. The molecular formula is C22H24O8. The van der Waals surface area contributed by atoms with Gasteiger partial charge in [-0.2, -0.15) is 0 Å². The minimum absolute atomic E-state index is 0.0206. The lowest BCUT2D eigenvalue weighted by molar-refractivity contribution is -0.153. The predicted octanol–water partition coefficient (Wildman–Crippen LogP) is 2.10. The average molecular weight is 416 g/mol. The van der Waals surface area contributed by atoms with Gasteiger partial charge in [0.2, 0.25) is 5.78 Å². The Morgan fingerprint density at radius 2 is 2.03 bits per heavy atom. The highest BCUT2D eigenvalue weighted by Gasteiger charge is 2.51. The molecule has 0 radical (unpaired) electrons. The standard InChI is InChI=1S/C22H24O8/c1-11(6-7-27-14(4)23)20(25)29-17-10-22(5)18(24)9-15(30-22)12(2)8-16-19(17)13(3)21(26)28-16/h6,8-9,16-17,19H,3,7,10H2,1-2,4-5H3/b11-6+,12-8-/t16-,17+,19-,22-/m1/s1. The van der Waals surface area contributed by atoms with Gasteiger partial charge in [-0.1, -0.05) is 6.58 Å². The summed E-state index contributed by atoms with van der Waals surface area (Å²) in [7, 11) is 0. The van der Waals surface area contributed by atoms with E-state index in [4.69, 9.17) is 18.9 Å². The van der Waals surface area contributed by atoms with E-state index in [1.165, 1.54) is 26.0 Å². The van der Waals surface area contributed by atoms with Gasteiger partial charge in [0.05, 0.1) is 5.92 Å². The van der Waals surface area contributed by atoms with Crippen LogP contribution in [0.1, 0.15) is 34.1 Å². The number of hydrogen-bond donors (Lipinski definition) is 0. The van der Waals surface area contributed by atoms with E-state index in [9.17, 15) is 19.2 Å². The van der Waals surface area contributed by atoms with E-state index in [-0.39, 0.29) is 30.0 Å². The van der Waals surface area contributed by atoms with Crippen LogP contribution in [0.25, 0.3) is 0 Å². The van der Waals surface area contributed by atoms with Gasteiger partial charge >= 0.3 is 17.9 Å². The lowest BCUT2D eigenvalue weighted by atomic mass is 9.82. The van der Waals surface area contributed by atoms with Crippen molar-refractivity contribution in [1.82, 2.24) is 0 Å². The quantitative estimate of drug-likeness (QED) is 0.390. The lowest BCUT2D eigenvalue weighted by Crippen LogP contribution is -2.42. The monoisotopic (exact) mass is 416 g/mol. The normalized spacial score (nSPS) is 32.5. The van der Waals surface area contributed by atoms with Crippen LogP contribution >= 0.6 is 0 Å². The van der Waals surface area contributed by atoms with Crippen LogP contribution < -0.4 is 0 Å². The zero-order chi connectivity index (χ0) is 22.2. The molecular weight excluding hydrogens is 392 g/mol. The van der Waals surface area contributed by atoms with Crippen LogP contribution in [-0.4, -0.2) is 48.1 Å². The highest BCUT2D eigenvalue weighted by molar-refractivity contribution is 6.00. The molecule has 3 aliphatic heterocycles. The summed E-state index contributed by atoms with van der Waals surface area (Å²) in [5.41, 5.74) is -0.205. The number of allylic oxidation sites excluding steroid dienone is 1. The average Bonchev–Trinajstić information content (AvgIpc) is 3.10. The summed E-state index contributed by atoms with van der Waals surface area (Å²) in [6.45, 7) is 9.90. The van der Waals surface area contributed by atoms with Crippen molar-refractivity contribution in [3.63, 3.8) is 0 Å². The lowest BCUT2D eigenvalue weighted by Gasteiger charge is -2.31. The number of ether oxygens (including phenoxy) is 4.